The van der Waals surface area contributed by atoms with E-state index in [9.17, 15) is 0 Å². The summed E-state index contributed by atoms with van der Waals surface area (Å²) in [6.45, 7) is 8.16. The molecule has 98 valence electrons. The Morgan fingerprint density at radius 1 is 1.22 bits per heavy atom. The van der Waals surface area contributed by atoms with Crippen LogP contribution in [-0.4, -0.2) is 19.1 Å². The monoisotopic (exact) mass is 244 g/mol. The smallest absolute Gasteiger partial charge is 0.0405 e. The first kappa shape index (κ1) is 12.0. The number of rotatable bonds is 1. The van der Waals surface area contributed by atoms with E-state index >= 15 is 0 Å². The second-order valence-electron chi connectivity index (χ2n) is 6.03. The molecule has 2 heterocycles. The SMILES string of the molecule is CC1CCC(C)N(c2cccc3c2CCNC3)C1. The van der Waals surface area contributed by atoms with Crippen molar-refractivity contribution in [2.45, 2.75) is 45.7 Å². The minimum Gasteiger partial charge on any atom is -0.368 e. The summed E-state index contributed by atoms with van der Waals surface area (Å²) in [6.07, 6.45) is 3.90. The molecule has 0 amide bonds. The zero-order valence-corrected chi connectivity index (χ0v) is 11.6. The van der Waals surface area contributed by atoms with E-state index in [4.69, 9.17) is 0 Å². The maximum atomic E-state index is 3.47. The number of nitrogens with one attached hydrogen (secondary N) is 1. The van der Waals surface area contributed by atoms with Crippen LogP contribution >= 0.6 is 0 Å². The lowest BCUT2D eigenvalue weighted by atomic mass is 9.91. The van der Waals surface area contributed by atoms with Crippen molar-refractivity contribution in [2.75, 3.05) is 18.0 Å². The predicted molar refractivity (Wildman–Crippen MR) is 77.1 cm³/mol. The molecule has 2 nitrogen and oxygen atoms in total. The van der Waals surface area contributed by atoms with E-state index in [1.165, 1.54) is 37.1 Å². The Morgan fingerprint density at radius 3 is 3.00 bits per heavy atom. The molecule has 0 aliphatic carbocycles. The van der Waals surface area contributed by atoms with E-state index in [0.717, 1.165) is 19.0 Å². The summed E-state index contributed by atoms with van der Waals surface area (Å²) in [6, 6.07) is 7.54. The van der Waals surface area contributed by atoms with Gasteiger partial charge in [-0.1, -0.05) is 19.1 Å². The molecule has 0 saturated carbocycles. The number of anilines is 1. The third-order valence-corrected chi connectivity index (χ3v) is 4.54. The third-order valence-electron chi connectivity index (χ3n) is 4.54. The summed E-state index contributed by atoms with van der Waals surface area (Å²) in [5.74, 6) is 0.832. The molecule has 2 aliphatic heterocycles. The van der Waals surface area contributed by atoms with Crippen LogP contribution in [0.3, 0.4) is 0 Å². The van der Waals surface area contributed by atoms with Gasteiger partial charge in [0.15, 0.2) is 0 Å². The molecule has 0 bridgehead atoms. The molecule has 2 aliphatic rings. The molecule has 0 spiro atoms. The average molecular weight is 244 g/mol. The van der Waals surface area contributed by atoms with Crippen LogP contribution in [0.25, 0.3) is 0 Å². The fourth-order valence-electron chi connectivity index (χ4n) is 3.41. The van der Waals surface area contributed by atoms with E-state index in [1.807, 2.05) is 0 Å². The molecule has 2 heteroatoms. The van der Waals surface area contributed by atoms with Crippen LogP contribution < -0.4 is 10.2 Å². The Labute approximate surface area is 110 Å². The minimum atomic E-state index is 0.697. The Kier molecular flexibility index (Phi) is 3.29. The van der Waals surface area contributed by atoms with Crippen LogP contribution in [0.2, 0.25) is 0 Å². The van der Waals surface area contributed by atoms with E-state index in [2.05, 4.69) is 42.3 Å². The lowest BCUT2D eigenvalue weighted by Gasteiger charge is -2.40. The van der Waals surface area contributed by atoms with Crippen molar-refractivity contribution in [1.29, 1.82) is 0 Å². The third kappa shape index (κ3) is 2.14. The number of fused-ring (bicyclic) bond motifs is 1. The van der Waals surface area contributed by atoms with Crippen molar-refractivity contribution < 1.29 is 0 Å². The molecular formula is C16H24N2. The van der Waals surface area contributed by atoms with Crippen LogP contribution in [0, 0.1) is 5.92 Å². The first-order chi connectivity index (χ1) is 8.75. The second kappa shape index (κ2) is 4.93. The van der Waals surface area contributed by atoms with Crippen molar-refractivity contribution in [3.05, 3.63) is 29.3 Å². The number of hydrogen-bond donors (Lipinski definition) is 1. The van der Waals surface area contributed by atoms with Crippen molar-refractivity contribution in [3.63, 3.8) is 0 Å². The van der Waals surface area contributed by atoms with Gasteiger partial charge in [-0.15, -0.1) is 0 Å². The summed E-state index contributed by atoms with van der Waals surface area (Å²) in [7, 11) is 0. The van der Waals surface area contributed by atoms with Gasteiger partial charge in [-0.25, -0.2) is 0 Å². The van der Waals surface area contributed by atoms with Crippen molar-refractivity contribution in [2.24, 2.45) is 5.92 Å². The summed E-state index contributed by atoms with van der Waals surface area (Å²) in [4.78, 5) is 2.65. The predicted octanol–water partition coefficient (Wildman–Crippen LogP) is 2.96. The molecule has 1 aromatic carbocycles. The molecule has 3 rings (SSSR count). The van der Waals surface area contributed by atoms with Gasteiger partial charge >= 0.3 is 0 Å². The summed E-state index contributed by atoms with van der Waals surface area (Å²) in [5, 5.41) is 3.47. The maximum Gasteiger partial charge on any atom is 0.0405 e. The molecule has 2 unspecified atom stereocenters. The summed E-state index contributed by atoms with van der Waals surface area (Å²) >= 11 is 0. The fraction of sp³-hybridized carbons (Fsp3) is 0.625. The molecule has 1 fully saturated rings. The highest BCUT2D eigenvalue weighted by Gasteiger charge is 2.25. The standard InChI is InChI=1S/C16H24N2/c1-12-6-7-13(2)18(11-12)16-5-3-4-14-10-17-9-8-15(14)16/h3-5,12-13,17H,6-11H2,1-2H3. The van der Waals surface area contributed by atoms with Gasteiger partial charge in [0.05, 0.1) is 0 Å². The first-order valence-electron chi connectivity index (χ1n) is 7.34. The van der Waals surface area contributed by atoms with Crippen LogP contribution in [-0.2, 0) is 13.0 Å². The van der Waals surface area contributed by atoms with Gasteiger partial charge in [0.2, 0.25) is 0 Å². The first-order valence-corrected chi connectivity index (χ1v) is 7.34. The van der Waals surface area contributed by atoms with Gasteiger partial charge in [0.25, 0.3) is 0 Å². The van der Waals surface area contributed by atoms with Crippen LogP contribution in [0.1, 0.15) is 37.8 Å². The van der Waals surface area contributed by atoms with Gasteiger partial charge in [0, 0.05) is 24.8 Å². The summed E-state index contributed by atoms with van der Waals surface area (Å²) in [5.41, 5.74) is 4.61. The second-order valence-corrected chi connectivity index (χ2v) is 6.03. The topological polar surface area (TPSA) is 15.3 Å². The van der Waals surface area contributed by atoms with Crippen LogP contribution in [0.4, 0.5) is 5.69 Å². The Hall–Kier alpha value is -1.02. The number of benzene rings is 1. The van der Waals surface area contributed by atoms with Crippen molar-refractivity contribution >= 4 is 5.69 Å². The number of piperidine rings is 1. The molecule has 1 saturated heterocycles. The molecular weight excluding hydrogens is 220 g/mol. The quantitative estimate of drug-likeness (QED) is 0.817. The minimum absolute atomic E-state index is 0.697. The number of nitrogens with zero attached hydrogens (tertiary/aromatic N) is 1. The highest BCUT2D eigenvalue weighted by molar-refractivity contribution is 5.58. The zero-order valence-electron chi connectivity index (χ0n) is 11.6. The van der Waals surface area contributed by atoms with E-state index in [0.29, 0.717) is 6.04 Å². The van der Waals surface area contributed by atoms with E-state index < -0.39 is 0 Å². The van der Waals surface area contributed by atoms with Gasteiger partial charge in [-0.2, -0.15) is 0 Å². The Morgan fingerprint density at radius 2 is 2.11 bits per heavy atom. The Bertz CT molecular complexity index is 427. The van der Waals surface area contributed by atoms with E-state index in [1.54, 1.807) is 5.56 Å². The lowest BCUT2D eigenvalue weighted by molar-refractivity contribution is 0.389. The zero-order chi connectivity index (χ0) is 12.5. The molecule has 0 radical (unpaired) electrons. The van der Waals surface area contributed by atoms with Gasteiger partial charge in [-0.05, 0) is 55.8 Å². The average Bonchev–Trinajstić information content (AvgIpc) is 2.41. The van der Waals surface area contributed by atoms with Crippen molar-refractivity contribution in [3.8, 4) is 0 Å². The molecule has 18 heavy (non-hydrogen) atoms. The normalized spacial score (nSPS) is 28.0. The van der Waals surface area contributed by atoms with Crippen LogP contribution in [0.15, 0.2) is 18.2 Å². The highest BCUT2D eigenvalue weighted by atomic mass is 15.2. The number of hydrogen-bond acceptors (Lipinski definition) is 2. The summed E-state index contributed by atoms with van der Waals surface area (Å²) < 4.78 is 0. The lowest BCUT2D eigenvalue weighted by Crippen LogP contribution is -2.42. The van der Waals surface area contributed by atoms with E-state index in [-0.39, 0.29) is 0 Å². The maximum absolute atomic E-state index is 3.47. The highest BCUT2D eigenvalue weighted by Crippen LogP contribution is 2.32. The van der Waals surface area contributed by atoms with Gasteiger partial charge < -0.3 is 10.2 Å². The van der Waals surface area contributed by atoms with Gasteiger partial charge in [-0.3, -0.25) is 0 Å². The fourth-order valence-corrected chi connectivity index (χ4v) is 3.41. The molecule has 1 aromatic rings. The van der Waals surface area contributed by atoms with Crippen molar-refractivity contribution in [1.82, 2.24) is 5.32 Å². The molecule has 0 aromatic heterocycles. The molecule has 2 atom stereocenters. The largest absolute Gasteiger partial charge is 0.368 e. The molecule has 1 N–H and O–H groups in total. The van der Waals surface area contributed by atoms with Gasteiger partial charge in [0.1, 0.15) is 0 Å². The Balaban J connectivity index is 1.95. The van der Waals surface area contributed by atoms with Crippen LogP contribution in [0.5, 0.6) is 0 Å².